The molecular weight excluding hydrogens is 224 g/mol. The SMILES string of the molecule is CCCNC(Cc1cccnc1)CC(C)(C)OC. The molecule has 3 heteroatoms. The van der Waals surface area contributed by atoms with Crippen LogP contribution in [0.1, 0.15) is 39.2 Å². The Morgan fingerprint density at radius 1 is 1.44 bits per heavy atom. The van der Waals surface area contributed by atoms with Gasteiger partial charge in [-0.2, -0.15) is 0 Å². The van der Waals surface area contributed by atoms with Crippen LogP contribution in [0.3, 0.4) is 0 Å². The summed E-state index contributed by atoms with van der Waals surface area (Å²) in [5.74, 6) is 0. The second-order valence-electron chi connectivity index (χ2n) is 5.38. The molecule has 0 aliphatic rings. The van der Waals surface area contributed by atoms with Crippen molar-refractivity contribution in [2.24, 2.45) is 0 Å². The van der Waals surface area contributed by atoms with Crippen LogP contribution in [-0.2, 0) is 11.2 Å². The molecule has 102 valence electrons. The molecule has 0 fully saturated rings. The summed E-state index contributed by atoms with van der Waals surface area (Å²) in [6.45, 7) is 7.51. The number of ether oxygens (including phenoxy) is 1. The maximum atomic E-state index is 5.53. The Balaban J connectivity index is 2.60. The van der Waals surface area contributed by atoms with E-state index in [-0.39, 0.29) is 5.60 Å². The van der Waals surface area contributed by atoms with Gasteiger partial charge in [0.15, 0.2) is 0 Å². The van der Waals surface area contributed by atoms with Crippen molar-refractivity contribution in [3.8, 4) is 0 Å². The molecular formula is C15H26N2O. The van der Waals surface area contributed by atoms with Crippen LogP contribution in [0.5, 0.6) is 0 Å². The molecule has 0 saturated carbocycles. The highest BCUT2D eigenvalue weighted by Gasteiger charge is 2.22. The molecule has 3 nitrogen and oxygen atoms in total. The molecule has 1 aromatic rings. The molecule has 1 atom stereocenters. The number of pyridine rings is 1. The fraction of sp³-hybridized carbons (Fsp3) is 0.667. The minimum Gasteiger partial charge on any atom is -0.379 e. The average molecular weight is 250 g/mol. The number of methoxy groups -OCH3 is 1. The monoisotopic (exact) mass is 250 g/mol. The highest BCUT2D eigenvalue weighted by molar-refractivity contribution is 5.10. The molecule has 0 aliphatic heterocycles. The zero-order valence-corrected chi connectivity index (χ0v) is 12.1. The molecule has 1 N–H and O–H groups in total. The summed E-state index contributed by atoms with van der Waals surface area (Å²) in [7, 11) is 1.78. The molecule has 1 rings (SSSR count). The molecule has 0 aliphatic carbocycles. The summed E-state index contributed by atoms with van der Waals surface area (Å²) in [6, 6.07) is 4.56. The van der Waals surface area contributed by atoms with E-state index in [1.165, 1.54) is 5.56 Å². The second kappa shape index (κ2) is 7.49. The van der Waals surface area contributed by atoms with Gasteiger partial charge in [-0.25, -0.2) is 0 Å². The van der Waals surface area contributed by atoms with Crippen molar-refractivity contribution in [2.45, 2.75) is 51.7 Å². The van der Waals surface area contributed by atoms with E-state index < -0.39 is 0 Å². The van der Waals surface area contributed by atoms with Crippen LogP contribution in [0.4, 0.5) is 0 Å². The fourth-order valence-corrected chi connectivity index (χ4v) is 2.05. The number of nitrogens with zero attached hydrogens (tertiary/aromatic N) is 1. The third kappa shape index (κ3) is 5.61. The number of aromatic nitrogens is 1. The summed E-state index contributed by atoms with van der Waals surface area (Å²) >= 11 is 0. The largest absolute Gasteiger partial charge is 0.379 e. The first-order valence-electron chi connectivity index (χ1n) is 6.75. The zero-order chi connectivity index (χ0) is 13.4. The number of rotatable bonds is 8. The molecule has 0 spiro atoms. The lowest BCUT2D eigenvalue weighted by molar-refractivity contribution is 0.00714. The van der Waals surface area contributed by atoms with Crippen LogP contribution in [0.15, 0.2) is 24.5 Å². The Morgan fingerprint density at radius 3 is 2.78 bits per heavy atom. The third-order valence-electron chi connectivity index (χ3n) is 3.18. The van der Waals surface area contributed by atoms with E-state index in [0.717, 1.165) is 25.8 Å². The van der Waals surface area contributed by atoms with Crippen molar-refractivity contribution in [3.63, 3.8) is 0 Å². The molecule has 1 unspecified atom stereocenters. The van der Waals surface area contributed by atoms with Gasteiger partial charge in [-0.1, -0.05) is 13.0 Å². The first-order chi connectivity index (χ1) is 8.57. The van der Waals surface area contributed by atoms with Crippen LogP contribution in [0.25, 0.3) is 0 Å². The van der Waals surface area contributed by atoms with Gasteiger partial charge in [0, 0.05) is 25.5 Å². The summed E-state index contributed by atoms with van der Waals surface area (Å²) in [5, 5.41) is 3.60. The van der Waals surface area contributed by atoms with E-state index in [1.54, 1.807) is 7.11 Å². The van der Waals surface area contributed by atoms with Gasteiger partial charge in [0.1, 0.15) is 0 Å². The molecule has 1 heterocycles. The lowest BCUT2D eigenvalue weighted by atomic mass is 9.94. The molecule has 0 bridgehead atoms. The lowest BCUT2D eigenvalue weighted by Gasteiger charge is -2.29. The smallest absolute Gasteiger partial charge is 0.0637 e. The second-order valence-corrected chi connectivity index (χ2v) is 5.38. The van der Waals surface area contributed by atoms with Gasteiger partial charge < -0.3 is 10.1 Å². The van der Waals surface area contributed by atoms with Crippen LogP contribution < -0.4 is 5.32 Å². The third-order valence-corrected chi connectivity index (χ3v) is 3.18. The van der Waals surface area contributed by atoms with Gasteiger partial charge in [0.2, 0.25) is 0 Å². The first-order valence-corrected chi connectivity index (χ1v) is 6.75. The van der Waals surface area contributed by atoms with Crippen molar-refractivity contribution in [1.29, 1.82) is 0 Å². The highest BCUT2D eigenvalue weighted by Crippen LogP contribution is 2.18. The Morgan fingerprint density at radius 2 is 2.22 bits per heavy atom. The van der Waals surface area contributed by atoms with Gasteiger partial charge in [0.05, 0.1) is 5.60 Å². The fourth-order valence-electron chi connectivity index (χ4n) is 2.05. The van der Waals surface area contributed by atoms with Crippen molar-refractivity contribution in [3.05, 3.63) is 30.1 Å². The summed E-state index contributed by atoms with van der Waals surface area (Å²) < 4.78 is 5.53. The minimum absolute atomic E-state index is 0.0897. The van der Waals surface area contributed by atoms with E-state index >= 15 is 0 Å². The molecule has 1 aromatic heterocycles. The Bertz CT molecular complexity index is 325. The van der Waals surface area contributed by atoms with Gasteiger partial charge in [-0.3, -0.25) is 4.98 Å². The minimum atomic E-state index is -0.0897. The van der Waals surface area contributed by atoms with Crippen LogP contribution in [0, 0.1) is 0 Å². The van der Waals surface area contributed by atoms with E-state index in [1.807, 2.05) is 18.5 Å². The van der Waals surface area contributed by atoms with Gasteiger partial charge >= 0.3 is 0 Å². The predicted octanol–water partition coefficient (Wildman–Crippen LogP) is 2.81. The topological polar surface area (TPSA) is 34.2 Å². The van der Waals surface area contributed by atoms with Gasteiger partial charge in [-0.05, 0) is 51.3 Å². The van der Waals surface area contributed by atoms with Crippen molar-refractivity contribution in [1.82, 2.24) is 10.3 Å². The number of hydrogen-bond acceptors (Lipinski definition) is 3. The van der Waals surface area contributed by atoms with Crippen molar-refractivity contribution in [2.75, 3.05) is 13.7 Å². The molecule has 18 heavy (non-hydrogen) atoms. The zero-order valence-electron chi connectivity index (χ0n) is 12.1. The van der Waals surface area contributed by atoms with Crippen LogP contribution >= 0.6 is 0 Å². The normalized spacial score (nSPS) is 13.6. The average Bonchev–Trinajstić information content (AvgIpc) is 2.37. The van der Waals surface area contributed by atoms with E-state index in [0.29, 0.717) is 6.04 Å². The first kappa shape index (κ1) is 15.1. The van der Waals surface area contributed by atoms with E-state index in [2.05, 4.69) is 37.1 Å². The molecule has 0 aromatic carbocycles. The van der Waals surface area contributed by atoms with Crippen molar-refractivity contribution >= 4 is 0 Å². The highest BCUT2D eigenvalue weighted by atomic mass is 16.5. The number of hydrogen-bond donors (Lipinski definition) is 1. The Hall–Kier alpha value is -0.930. The Labute approximate surface area is 111 Å². The van der Waals surface area contributed by atoms with Crippen LogP contribution in [0.2, 0.25) is 0 Å². The van der Waals surface area contributed by atoms with E-state index in [9.17, 15) is 0 Å². The Kier molecular flexibility index (Phi) is 6.30. The standard InChI is InChI=1S/C15H26N2O/c1-5-8-17-14(11-15(2,3)18-4)10-13-7-6-9-16-12-13/h6-7,9,12,14,17H,5,8,10-11H2,1-4H3. The molecule has 0 amide bonds. The lowest BCUT2D eigenvalue weighted by Crippen LogP contribution is -2.39. The maximum absolute atomic E-state index is 5.53. The van der Waals surface area contributed by atoms with Crippen LogP contribution in [-0.4, -0.2) is 30.3 Å². The maximum Gasteiger partial charge on any atom is 0.0637 e. The predicted molar refractivity (Wildman–Crippen MR) is 75.7 cm³/mol. The quantitative estimate of drug-likeness (QED) is 0.770. The summed E-state index contributed by atoms with van der Waals surface area (Å²) in [6.07, 6.45) is 6.91. The van der Waals surface area contributed by atoms with E-state index in [4.69, 9.17) is 4.74 Å². The van der Waals surface area contributed by atoms with Gasteiger partial charge in [-0.15, -0.1) is 0 Å². The summed E-state index contributed by atoms with van der Waals surface area (Å²) in [4.78, 5) is 4.18. The summed E-state index contributed by atoms with van der Waals surface area (Å²) in [5.41, 5.74) is 1.19. The van der Waals surface area contributed by atoms with Crippen molar-refractivity contribution < 1.29 is 4.74 Å². The molecule has 0 radical (unpaired) electrons. The number of nitrogens with one attached hydrogen (secondary N) is 1. The van der Waals surface area contributed by atoms with Gasteiger partial charge in [0.25, 0.3) is 0 Å². The molecule has 0 saturated heterocycles.